The molecule has 8 nitrogen and oxygen atoms in total. The highest BCUT2D eigenvalue weighted by Crippen LogP contribution is 2.19. The predicted molar refractivity (Wildman–Crippen MR) is 101 cm³/mol. The number of aryl methyl sites for hydroxylation is 2. The second-order valence-corrected chi connectivity index (χ2v) is 8.61. The Bertz CT molecular complexity index is 962. The number of rotatable bonds is 6. The minimum absolute atomic E-state index is 0.106. The summed E-state index contributed by atoms with van der Waals surface area (Å²) in [6, 6.07) is 6.04. The molecule has 1 amide bonds. The third-order valence-corrected chi connectivity index (χ3v) is 4.89. The molecule has 0 spiro atoms. The van der Waals surface area contributed by atoms with Crippen molar-refractivity contribution >= 4 is 27.4 Å². The SMILES string of the molecule is Cc1nn(C)c(C)c1NC(=O)[C@@H](C)OC(=O)c1ccc(CS(C)(=O)=O)cc1. The minimum atomic E-state index is -3.15. The number of hydrogen-bond donors (Lipinski definition) is 1. The molecule has 9 heteroatoms. The summed E-state index contributed by atoms with van der Waals surface area (Å²) in [5.74, 6) is -1.23. The number of sulfone groups is 1. The first-order valence-electron chi connectivity index (χ1n) is 8.26. The third kappa shape index (κ3) is 5.40. The van der Waals surface area contributed by atoms with Gasteiger partial charge in [0.15, 0.2) is 15.9 Å². The van der Waals surface area contributed by atoms with E-state index in [0.29, 0.717) is 16.9 Å². The summed E-state index contributed by atoms with van der Waals surface area (Å²) >= 11 is 0. The lowest BCUT2D eigenvalue weighted by Gasteiger charge is -2.14. The normalized spacial score (nSPS) is 12.5. The summed E-state index contributed by atoms with van der Waals surface area (Å²) < 4.78 is 29.4. The van der Waals surface area contributed by atoms with Gasteiger partial charge in [-0.2, -0.15) is 5.10 Å². The van der Waals surface area contributed by atoms with Gasteiger partial charge >= 0.3 is 5.97 Å². The van der Waals surface area contributed by atoms with E-state index in [2.05, 4.69) is 10.4 Å². The molecule has 2 aromatic rings. The van der Waals surface area contributed by atoms with E-state index in [4.69, 9.17) is 4.74 Å². The summed E-state index contributed by atoms with van der Waals surface area (Å²) in [5.41, 5.74) is 2.86. The number of ether oxygens (including phenoxy) is 1. The molecule has 0 saturated carbocycles. The Morgan fingerprint density at radius 2 is 1.81 bits per heavy atom. The number of anilines is 1. The first-order valence-corrected chi connectivity index (χ1v) is 10.3. The Hall–Kier alpha value is -2.68. The van der Waals surface area contributed by atoms with Crippen LogP contribution in [0, 0.1) is 13.8 Å². The lowest BCUT2D eigenvalue weighted by atomic mass is 10.1. The number of carbonyl (C=O) groups is 2. The third-order valence-electron chi connectivity index (χ3n) is 4.03. The van der Waals surface area contributed by atoms with Gasteiger partial charge in [0.25, 0.3) is 5.91 Å². The molecule has 0 unspecified atom stereocenters. The molecule has 0 fully saturated rings. The standard InChI is InChI=1S/C18H23N3O5S/c1-11-16(12(2)21(4)20-11)19-17(22)13(3)26-18(23)15-8-6-14(7-9-15)10-27(5,24)25/h6-9,13H,10H2,1-5H3,(H,19,22)/t13-/m1/s1. The average molecular weight is 393 g/mol. The first-order chi connectivity index (χ1) is 12.5. The summed E-state index contributed by atoms with van der Waals surface area (Å²) in [6.45, 7) is 5.08. The molecule has 1 N–H and O–H groups in total. The maximum absolute atomic E-state index is 12.3. The monoisotopic (exact) mass is 393 g/mol. The summed E-state index contributed by atoms with van der Waals surface area (Å²) in [6.07, 6.45) is 0.133. The highest BCUT2D eigenvalue weighted by molar-refractivity contribution is 7.89. The largest absolute Gasteiger partial charge is 0.449 e. The molecule has 2 rings (SSSR count). The second kappa shape index (κ2) is 7.91. The van der Waals surface area contributed by atoms with E-state index >= 15 is 0 Å². The Kier molecular flexibility index (Phi) is 6.04. The molecule has 27 heavy (non-hydrogen) atoms. The van der Waals surface area contributed by atoms with Crippen LogP contribution in [-0.4, -0.2) is 42.4 Å². The van der Waals surface area contributed by atoms with E-state index in [1.54, 1.807) is 30.8 Å². The molecular formula is C18H23N3O5S. The zero-order chi connectivity index (χ0) is 20.4. The molecule has 1 heterocycles. The molecule has 1 atom stereocenters. The van der Waals surface area contributed by atoms with Crippen LogP contribution in [0.25, 0.3) is 0 Å². The van der Waals surface area contributed by atoms with Gasteiger partial charge in [0.1, 0.15) is 0 Å². The van der Waals surface area contributed by atoms with Gasteiger partial charge in [-0.25, -0.2) is 13.2 Å². The highest BCUT2D eigenvalue weighted by Gasteiger charge is 2.21. The van der Waals surface area contributed by atoms with Crippen molar-refractivity contribution in [1.29, 1.82) is 0 Å². The fourth-order valence-corrected chi connectivity index (χ4v) is 3.30. The number of carbonyl (C=O) groups excluding carboxylic acids is 2. The van der Waals surface area contributed by atoms with Gasteiger partial charge in [0, 0.05) is 13.3 Å². The molecule has 1 aromatic carbocycles. The Balaban J connectivity index is 2.01. The quantitative estimate of drug-likeness (QED) is 0.750. The summed E-state index contributed by atoms with van der Waals surface area (Å²) in [4.78, 5) is 24.5. The molecule has 0 aliphatic heterocycles. The van der Waals surface area contributed by atoms with Gasteiger partial charge in [-0.15, -0.1) is 0 Å². The second-order valence-electron chi connectivity index (χ2n) is 6.47. The number of amides is 1. The van der Waals surface area contributed by atoms with Crippen LogP contribution in [0.3, 0.4) is 0 Å². The van der Waals surface area contributed by atoms with Crippen LogP contribution in [0.1, 0.15) is 34.2 Å². The zero-order valence-corrected chi connectivity index (χ0v) is 16.8. The van der Waals surface area contributed by atoms with E-state index in [9.17, 15) is 18.0 Å². The van der Waals surface area contributed by atoms with E-state index in [0.717, 1.165) is 11.9 Å². The van der Waals surface area contributed by atoms with Crippen LogP contribution >= 0.6 is 0 Å². The number of esters is 1. The van der Waals surface area contributed by atoms with Crippen LogP contribution < -0.4 is 5.32 Å². The molecule has 1 aromatic heterocycles. The van der Waals surface area contributed by atoms with Crippen molar-refractivity contribution in [3.63, 3.8) is 0 Å². The maximum Gasteiger partial charge on any atom is 0.338 e. The van der Waals surface area contributed by atoms with Crippen LogP contribution in [0.4, 0.5) is 5.69 Å². The minimum Gasteiger partial charge on any atom is -0.449 e. The molecular weight excluding hydrogens is 370 g/mol. The number of benzene rings is 1. The van der Waals surface area contributed by atoms with E-state index in [-0.39, 0.29) is 11.3 Å². The maximum atomic E-state index is 12.3. The lowest BCUT2D eigenvalue weighted by Crippen LogP contribution is -2.30. The molecule has 0 aliphatic rings. The van der Waals surface area contributed by atoms with Crippen molar-refractivity contribution in [3.05, 3.63) is 46.8 Å². The molecule has 0 aliphatic carbocycles. The predicted octanol–water partition coefficient (Wildman–Crippen LogP) is 1.77. The molecule has 0 radical (unpaired) electrons. The van der Waals surface area contributed by atoms with E-state index in [1.165, 1.54) is 19.1 Å². The van der Waals surface area contributed by atoms with Gasteiger partial charge in [-0.05, 0) is 38.5 Å². The summed E-state index contributed by atoms with van der Waals surface area (Å²) in [7, 11) is -1.38. The van der Waals surface area contributed by atoms with Crippen LogP contribution in [0.15, 0.2) is 24.3 Å². The Labute approximate surface area is 158 Å². The van der Waals surface area contributed by atoms with E-state index < -0.39 is 27.8 Å². The topological polar surface area (TPSA) is 107 Å². The Morgan fingerprint density at radius 3 is 2.30 bits per heavy atom. The van der Waals surface area contributed by atoms with Gasteiger partial charge in [0.05, 0.1) is 28.4 Å². The van der Waals surface area contributed by atoms with E-state index in [1.807, 2.05) is 6.92 Å². The molecule has 0 saturated heterocycles. The van der Waals surface area contributed by atoms with Gasteiger partial charge in [-0.1, -0.05) is 12.1 Å². The van der Waals surface area contributed by atoms with Crippen molar-refractivity contribution in [2.24, 2.45) is 7.05 Å². The van der Waals surface area contributed by atoms with Crippen LogP contribution in [0.2, 0.25) is 0 Å². The Morgan fingerprint density at radius 1 is 1.22 bits per heavy atom. The number of aromatic nitrogens is 2. The van der Waals surface area contributed by atoms with Gasteiger partial charge < -0.3 is 10.1 Å². The fourth-order valence-electron chi connectivity index (χ4n) is 2.50. The lowest BCUT2D eigenvalue weighted by molar-refractivity contribution is -0.123. The van der Waals surface area contributed by atoms with Crippen LogP contribution in [-0.2, 0) is 32.2 Å². The van der Waals surface area contributed by atoms with Crippen LogP contribution in [0.5, 0.6) is 0 Å². The van der Waals surface area contributed by atoms with Gasteiger partial charge in [-0.3, -0.25) is 9.48 Å². The highest BCUT2D eigenvalue weighted by atomic mass is 32.2. The molecule has 0 bridgehead atoms. The number of hydrogen-bond acceptors (Lipinski definition) is 6. The zero-order valence-electron chi connectivity index (χ0n) is 15.9. The van der Waals surface area contributed by atoms with Crippen molar-refractivity contribution in [3.8, 4) is 0 Å². The molecule has 146 valence electrons. The van der Waals surface area contributed by atoms with Gasteiger partial charge in [0.2, 0.25) is 0 Å². The fraction of sp³-hybridized carbons (Fsp3) is 0.389. The smallest absolute Gasteiger partial charge is 0.338 e. The van der Waals surface area contributed by atoms with Crippen molar-refractivity contribution in [2.45, 2.75) is 32.6 Å². The van der Waals surface area contributed by atoms with Crippen molar-refractivity contribution in [1.82, 2.24) is 9.78 Å². The number of nitrogens with one attached hydrogen (secondary N) is 1. The first kappa shape index (κ1) is 20.6. The van der Waals surface area contributed by atoms with Crippen molar-refractivity contribution < 1.29 is 22.7 Å². The number of nitrogens with zero attached hydrogens (tertiary/aromatic N) is 2. The average Bonchev–Trinajstić information content (AvgIpc) is 2.80. The summed E-state index contributed by atoms with van der Waals surface area (Å²) in [5, 5.41) is 6.94. The van der Waals surface area contributed by atoms with Crippen molar-refractivity contribution in [2.75, 3.05) is 11.6 Å².